The van der Waals surface area contributed by atoms with Gasteiger partial charge >= 0.3 is 0 Å². The Morgan fingerprint density at radius 3 is 2.87 bits per heavy atom. The summed E-state index contributed by atoms with van der Waals surface area (Å²) in [7, 11) is 0. The fraction of sp³-hybridized carbons (Fsp3) is 0.182. The summed E-state index contributed by atoms with van der Waals surface area (Å²) >= 11 is 5.06. The highest BCUT2D eigenvalue weighted by molar-refractivity contribution is 9.10. The van der Waals surface area contributed by atoms with Gasteiger partial charge in [-0.3, -0.25) is 4.79 Å². The minimum Gasteiger partial charge on any atom is -0.308 e. The molecular weight excluding hydrogens is 274 g/mol. The number of hydrogen-bond acceptors (Lipinski definition) is 2. The van der Waals surface area contributed by atoms with Gasteiger partial charge in [0.05, 0.1) is 6.54 Å². The first-order chi connectivity index (χ1) is 7.16. The van der Waals surface area contributed by atoms with E-state index in [1.54, 1.807) is 28.0 Å². The predicted octanol–water partition coefficient (Wildman–Crippen LogP) is 3.03. The Labute approximate surface area is 100 Å². The van der Waals surface area contributed by atoms with E-state index in [2.05, 4.69) is 15.9 Å². The Morgan fingerprint density at radius 2 is 2.27 bits per heavy atom. The number of thiophene rings is 1. The molecule has 2 heterocycles. The van der Waals surface area contributed by atoms with E-state index in [1.807, 2.05) is 24.4 Å². The molecule has 0 fully saturated rings. The average molecular weight is 284 g/mol. The van der Waals surface area contributed by atoms with Crippen LogP contribution in [0.25, 0.3) is 0 Å². The molecule has 0 spiro atoms. The van der Waals surface area contributed by atoms with Gasteiger partial charge in [-0.15, -0.1) is 11.3 Å². The van der Waals surface area contributed by atoms with Crippen LogP contribution in [0.5, 0.6) is 0 Å². The zero-order chi connectivity index (χ0) is 10.8. The normalized spacial score (nSPS) is 10.5. The Balaban J connectivity index is 2.36. The molecule has 0 aliphatic carbocycles. The molecule has 0 saturated heterocycles. The first-order valence-corrected chi connectivity index (χ1v) is 6.23. The summed E-state index contributed by atoms with van der Waals surface area (Å²) in [5.74, 6) is 0. The van der Waals surface area contributed by atoms with Crippen molar-refractivity contribution in [3.8, 4) is 0 Å². The zero-order valence-electron chi connectivity index (χ0n) is 8.24. The third-order valence-electron chi connectivity index (χ3n) is 2.20. The second-order valence-corrected chi connectivity index (χ2v) is 5.23. The van der Waals surface area contributed by atoms with Gasteiger partial charge in [-0.2, -0.15) is 0 Å². The molecule has 2 nitrogen and oxygen atoms in total. The third kappa shape index (κ3) is 2.38. The number of hydrogen-bond donors (Lipinski definition) is 0. The van der Waals surface area contributed by atoms with E-state index >= 15 is 0 Å². The monoisotopic (exact) mass is 283 g/mol. The van der Waals surface area contributed by atoms with E-state index in [-0.39, 0.29) is 5.56 Å². The van der Waals surface area contributed by atoms with Gasteiger partial charge in [-0.25, -0.2) is 0 Å². The predicted molar refractivity (Wildman–Crippen MR) is 66.6 cm³/mol. The Hall–Kier alpha value is -0.870. The molecule has 0 saturated carbocycles. The van der Waals surface area contributed by atoms with Crippen molar-refractivity contribution < 1.29 is 0 Å². The van der Waals surface area contributed by atoms with E-state index in [4.69, 9.17) is 0 Å². The lowest BCUT2D eigenvalue weighted by Crippen LogP contribution is -2.20. The second-order valence-electron chi connectivity index (χ2n) is 3.32. The van der Waals surface area contributed by atoms with Crippen molar-refractivity contribution in [2.24, 2.45) is 0 Å². The molecule has 0 amide bonds. The van der Waals surface area contributed by atoms with Crippen molar-refractivity contribution in [2.75, 3.05) is 0 Å². The molecule has 2 rings (SSSR count). The topological polar surface area (TPSA) is 22.0 Å². The van der Waals surface area contributed by atoms with Gasteiger partial charge in [-0.05, 0) is 35.0 Å². The summed E-state index contributed by atoms with van der Waals surface area (Å²) in [6.07, 6.45) is 0. The maximum atomic E-state index is 11.6. The smallest absolute Gasteiger partial charge is 0.251 e. The number of pyridine rings is 1. The van der Waals surface area contributed by atoms with Crippen LogP contribution in [0.2, 0.25) is 0 Å². The minimum atomic E-state index is 0.0551. The van der Waals surface area contributed by atoms with Gasteiger partial charge in [0, 0.05) is 26.5 Å². The summed E-state index contributed by atoms with van der Waals surface area (Å²) in [5, 5.41) is 2.03. The largest absolute Gasteiger partial charge is 0.308 e. The second kappa shape index (κ2) is 4.33. The van der Waals surface area contributed by atoms with Gasteiger partial charge in [0.2, 0.25) is 0 Å². The summed E-state index contributed by atoms with van der Waals surface area (Å²) < 4.78 is 2.85. The van der Waals surface area contributed by atoms with Crippen molar-refractivity contribution in [1.29, 1.82) is 0 Å². The van der Waals surface area contributed by atoms with Crippen molar-refractivity contribution in [2.45, 2.75) is 13.5 Å². The van der Waals surface area contributed by atoms with Gasteiger partial charge in [0.15, 0.2) is 0 Å². The lowest BCUT2D eigenvalue weighted by molar-refractivity contribution is 0.739. The minimum absolute atomic E-state index is 0.0551. The molecule has 0 aromatic carbocycles. The summed E-state index contributed by atoms with van der Waals surface area (Å²) in [6, 6.07) is 7.38. The maximum absolute atomic E-state index is 11.6. The van der Waals surface area contributed by atoms with Crippen LogP contribution in [0.15, 0.2) is 38.9 Å². The van der Waals surface area contributed by atoms with Crippen LogP contribution < -0.4 is 5.56 Å². The van der Waals surface area contributed by atoms with Crippen LogP contribution in [-0.4, -0.2) is 4.57 Å². The van der Waals surface area contributed by atoms with Crippen LogP contribution in [0.3, 0.4) is 0 Å². The van der Waals surface area contributed by atoms with Gasteiger partial charge in [0.1, 0.15) is 0 Å². The molecule has 0 bridgehead atoms. The number of aromatic nitrogens is 1. The molecule has 4 heteroatoms. The number of halogens is 1. The van der Waals surface area contributed by atoms with E-state index in [0.29, 0.717) is 6.54 Å². The van der Waals surface area contributed by atoms with Crippen LogP contribution in [0.4, 0.5) is 0 Å². The quantitative estimate of drug-likeness (QED) is 0.831. The molecule has 2 aromatic heterocycles. The SMILES string of the molecule is Cc1cccc(=O)n1Cc1cc(Br)cs1. The standard InChI is InChI=1S/C11H10BrNOS/c1-8-3-2-4-11(14)13(8)6-10-5-9(12)7-15-10/h2-5,7H,6H2,1H3. The Kier molecular flexibility index (Phi) is 3.07. The zero-order valence-corrected chi connectivity index (χ0v) is 10.6. The molecule has 15 heavy (non-hydrogen) atoms. The van der Waals surface area contributed by atoms with Gasteiger partial charge < -0.3 is 4.57 Å². The van der Waals surface area contributed by atoms with Crippen LogP contribution in [0, 0.1) is 6.92 Å². The summed E-state index contributed by atoms with van der Waals surface area (Å²) in [6.45, 7) is 2.60. The molecule has 0 unspecified atom stereocenters. The van der Waals surface area contributed by atoms with E-state index in [9.17, 15) is 4.79 Å². The molecule has 0 atom stereocenters. The fourth-order valence-electron chi connectivity index (χ4n) is 1.42. The van der Waals surface area contributed by atoms with Crippen molar-refractivity contribution in [3.63, 3.8) is 0 Å². The molecule has 78 valence electrons. The molecular formula is C11H10BrNOS. The third-order valence-corrected chi connectivity index (χ3v) is 3.89. The molecule has 0 radical (unpaired) electrons. The molecule has 2 aromatic rings. The van der Waals surface area contributed by atoms with Crippen LogP contribution in [-0.2, 0) is 6.54 Å². The Morgan fingerprint density at radius 1 is 1.47 bits per heavy atom. The van der Waals surface area contributed by atoms with Crippen LogP contribution in [0.1, 0.15) is 10.6 Å². The van der Waals surface area contributed by atoms with E-state index < -0.39 is 0 Å². The summed E-state index contributed by atoms with van der Waals surface area (Å²) in [5.41, 5.74) is 1.05. The highest BCUT2D eigenvalue weighted by atomic mass is 79.9. The molecule has 0 aliphatic heterocycles. The molecule has 0 N–H and O–H groups in total. The number of rotatable bonds is 2. The number of aryl methyl sites for hydroxylation is 1. The highest BCUT2D eigenvalue weighted by Gasteiger charge is 2.02. The van der Waals surface area contributed by atoms with E-state index in [0.717, 1.165) is 10.2 Å². The first kappa shape index (κ1) is 10.6. The maximum Gasteiger partial charge on any atom is 0.251 e. The number of nitrogens with zero attached hydrogens (tertiary/aromatic N) is 1. The molecule has 0 aliphatic rings. The van der Waals surface area contributed by atoms with Crippen LogP contribution >= 0.6 is 27.3 Å². The highest BCUT2D eigenvalue weighted by Crippen LogP contribution is 2.20. The average Bonchev–Trinajstić information content (AvgIpc) is 2.58. The van der Waals surface area contributed by atoms with Gasteiger partial charge in [0.25, 0.3) is 5.56 Å². The van der Waals surface area contributed by atoms with Gasteiger partial charge in [-0.1, -0.05) is 6.07 Å². The first-order valence-electron chi connectivity index (χ1n) is 4.56. The Bertz CT molecular complexity index is 529. The van der Waals surface area contributed by atoms with Crippen molar-refractivity contribution >= 4 is 27.3 Å². The van der Waals surface area contributed by atoms with E-state index in [1.165, 1.54) is 4.88 Å². The lowest BCUT2D eigenvalue weighted by Gasteiger charge is -2.06. The van der Waals surface area contributed by atoms with Crippen molar-refractivity contribution in [1.82, 2.24) is 4.57 Å². The lowest BCUT2D eigenvalue weighted by atomic mass is 10.3. The van der Waals surface area contributed by atoms with Crippen molar-refractivity contribution in [3.05, 3.63) is 55.0 Å². The fourth-order valence-corrected chi connectivity index (χ4v) is 2.86. The summed E-state index contributed by atoms with van der Waals surface area (Å²) in [4.78, 5) is 12.8.